The molecular formula is C15H28O. The van der Waals surface area contributed by atoms with Crippen molar-refractivity contribution in [1.82, 2.24) is 0 Å². The second kappa shape index (κ2) is 3.04. The van der Waals surface area contributed by atoms with Crippen LogP contribution < -0.4 is 0 Å². The van der Waals surface area contributed by atoms with Gasteiger partial charge in [0.05, 0.1) is 5.60 Å². The molecule has 0 aliphatic heterocycles. The molecule has 94 valence electrons. The molecule has 2 saturated carbocycles. The number of rotatable bonds is 1. The summed E-state index contributed by atoms with van der Waals surface area (Å²) in [5.41, 5.74) is -0.0301. The molecule has 3 unspecified atom stereocenters. The van der Waals surface area contributed by atoms with Gasteiger partial charge >= 0.3 is 0 Å². The molecule has 0 heterocycles. The lowest BCUT2D eigenvalue weighted by molar-refractivity contribution is -0.186. The van der Waals surface area contributed by atoms with Gasteiger partial charge in [0.15, 0.2) is 0 Å². The van der Waals surface area contributed by atoms with Crippen molar-refractivity contribution in [2.24, 2.45) is 22.2 Å². The zero-order chi connectivity index (χ0) is 12.4. The standard InChI is InChI=1S/C15H28O/c1-7-15(16)13(5,6)11-8-9-14(15,10-11)12(2,3)4/h11,16H,7-10H2,1-6H3. The van der Waals surface area contributed by atoms with E-state index in [2.05, 4.69) is 41.5 Å². The van der Waals surface area contributed by atoms with Crippen molar-refractivity contribution in [3.8, 4) is 0 Å². The van der Waals surface area contributed by atoms with Crippen LogP contribution in [0, 0.1) is 22.2 Å². The molecule has 2 aliphatic carbocycles. The Hall–Kier alpha value is -0.0400. The summed E-state index contributed by atoms with van der Waals surface area (Å²) in [5, 5.41) is 11.3. The molecule has 0 aromatic heterocycles. The molecule has 0 amide bonds. The summed E-state index contributed by atoms with van der Waals surface area (Å²) < 4.78 is 0. The lowest BCUT2D eigenvalue weighted by Gasteiger charge is -2.57. The maximum absolute atomic E-state index is 11.3. The van der Waals surface area contributed by atoms with Crippen molar-refractivity contribution in [1.29, 1.82) is 0 Å². The third kappa shape index (κ3) is 1.06. The lowest BCUT2D eigenvalue weighted by Crippen LogP contribution is -2.59. The highest BCUT2D eigenvalue weighted by Gasteiger charge is 2.72. The Labute approximate surface area is 101 Å². The Morgan fingerprint density at radius 1 is 1.25 bits per heavy atom. The van der Waals surface area contributed by atoms with Gasteiger partial charge in [-0.1, -0.05) is 41.5 Å². The smallest absolute Gasteiger partial charge is 0.0759 e. The van der Waals surface area contributed by atoms with E-state index in [4.69, 9.17) is 0 Å². The average Bonchev–Trinajstić information content (AvgIpc) is 2.66. The number of hydrogen-bond donors (Lipinski definition) is 1. The Morgan fingerprint density at radius 3 is 2.19 bits per heavy atom. The first-order chi connectivity index (χ1) is 7.12. The van der Waals surface area contributed by atoms with Crippen LogP contribution in [0.3, 0.4) is 0 Å². The molecule has 2 bridgehead atoms. The summed E-state index contributed by atoms with van der Waals surface area (Å²) in [6.07, 6.45) is 4.66. The van der Waals surface area contributed by atoms with Crippen molar-refractivity contribution in [3.63, 3.8) is 0 Å². The largest absolute Gasteiger partial charge is 0.389 e. The van der Waals surface area contributed by atoms with E-state index in [0.717, 1.165) is 12.3 Å². The van der Waals surface area contributed by atoms with Crippen LogP contribution in [-0.4, -0.2) is 10.7 Å². The van der Waals surface area contributed by atoms with Crippen LogP contribution >= 0.6 is 0 Å². The van der Waals surface area contributed by atoms with Gasteiger partial charge in [-0.15, -0.1) is 0 Å². The van der Waals surface area contributed by atoms with Crippen LogP contribution in [0.15, 0.2) is 0 Å². The van der Waals surface area contributed by atoms with Crippen LogP contribution in [0.4, 0.5) is 0 Å². The summed E-state index contributed by atoms with van der Waals surface area (Å²) in [7, 11) is 0. The fourth-order valence-corrected chi connectivity index (χ4v) is 5.09. The highest BCUT2D eigenvalue weighted by molar-refractivity contribution is 5.22. The molecule has 3 atom stereocenters. The van der Waals surface area contributed by atoms with Crippen molar-refractivity contribution in [2.75, 3.05) is 0 Å². The second-order valence-electron chi connectivity index (χ2n) is 7.71. The fraction of sp³-hybridized carbons (Fsp3) is 1.00. The van der Waals surface area contributed by atoms with Crippen LogP contribution in [0.2, 0.25) is 0 Å². The summed E-state index contributed by atoms with van der Waals surface area (Å²) in [6.45, 7) is 13.7. The lowest BCUT2D eigenvalue weighted by atomic mass is 9.51. The maximum Gasteiger partial charge on any atom is 0.0759 e. The molecule has 2 aliphatic rings. The zero-order valence-corrected chi connectivity index (χ0v) is 11.9. The van der Waals surface area contributed by atoms with Crippen molar-refractivity contribution in [3.05, 3.63) is 0 Å². The third-order valence-electron chi connectivity index (χ3n) is 6.34. The van der Waals surface area contributed by atoms with Gasteiger partial charge in [-0.25, -0.2) is 0 Å². The first-order valence-electron chi connectivity index (χ1n) is 6.85. The molecule has 0 aromatic rings. The summed E-state index contributed by atoms with van der Waals surface area (Å²) >= 11 is 0. The van der Waals surface area contributed by atoms with E-state index in [9.17, 15) is 5.11 Å². The Morgan fingerprint density at radius 2 is 1.81 bits per heavy atom. The molecule has 0 saturated heterocycles. The van der Waals surface area contributed by atoms with Gasteiger partial charge in [0, 0.05) is 5.41 Å². The molecule has 1 heteroatoms. The Kier molecular flexibility index (Phi) is 2.36. The minimum absolute atomic E-state index is 0.0906. The van der Waals surface area contributed by atoms with E-state index in [1.54, 1.807) is 0 Å². The van der Waals surface area contributed by atoms with Crippen molar-refractivity contribution >= 4 is 0 Å². The Balaban J connectivity index is 2.55. The Bertz CT molecular complexity index is 299. The number of fused-ring (bicyclic) bond motifs is 2. The first-order valence-corrected chi connectivity index (χ1v) is 6.85. The summed E-state index contributed by atoms with van der Waals surface area (Å²) in [4.78, 5) is 0. The predicted molar refractivity (Wildman–Crippen MR) is 68.3 cm³/mol. The van der Waals surface area contributed by atoms with Crippen LogP contribution in [0.25, 0.3) is 0 Å². The number of aliphatic hydroxyl groups is 1. The maximum atomic E-state index is 11.3. The van der Waals surface area contributed by atoms with Gasteiger partial charge in [-0.2, -0.15) is 0 Å². The summed E-state index contributed by atoms with van der Waals surface area (Å²) in [5.74, 6) is 0.719. The van der Waals surface area contributed by atoms with Crippen molar-refractivity contribution < 1.29 is 5.11 Å². The van der Waals surface area contributed by atoms with Gasteiger partial charge < -0.3 is 5.11 Å². The minimum Gasteiger partial charge on any atom is -0.389 e. The van der Waals surface area contributed by atoms with Gasteiger partial charge in [-0.3, -0.25) is 0 Å². The normalized spacial score (nSPS) is 46.3. The highest BCUT2D eigenvalue weighted by Crippen LogP contribution is 2.74. The molecular weight excluding hydrogens is 196 g/mol. The average molecular weight is 224 g/mol. The molecule has 1 nitrogen and oxygen atoms in total. The van der Waals surface area contributed by atoms with Crippen LogP contribution in [-0.2, 0) is 0 Å². The predicted octanol–water partition coefficient (Wildman–Crippen LogP) is 4.00. The first kappa shape index (κ1) is 12.4. The quantitative estimate of drug-likeness (QED) is 0.714. The molecule has 0 aromatic carbocycles. The van der Waals surface area contributed by atoms with Gasteiger partial charge in [0.2, 0.25) is 0 Å². The van der Waals surface area contributed by atoms with Gasteiger partial charge in [-0.05, 0) is 42.4 Å². The van der Waals surface area contributed by atoms with Crippen molar-refractivity contribution in [2.45, 2.75) is 72.8 Å². The molecule has 1 N–H and O–H groups in total. The molecule has 2 rings (SSSR count). The molecule has 2 fully saturated rings. The molecule has 16 heavy (non-hydrogen) atoms. The zero-order valence-electron chi connectivity index (χ0n) is 11.9. The van der Waals surface area contributed by atoms with E-state index in [0.29, 0.717) is 0 Å². The fourth-order valence-electron chi connectivity index (χ4n) is 5.09. The SMILES string of the molecule is CCC1(O)C(C)(C)C2CCC1(C(C)(C)C)C2. The van der Waals surface area contributed by atoms with E-state index in [1.165, 1.54) is 19.3 Å². The highest BCUT2D eigenvalue weighted by atomic mass is 16.3. The molecule has 0 radical (unpaired) electrons. The minimum atomic E-state index is -0.471. The van der Waals surface area contributed by atoms with Crippen LogP contribution in [0.5, 0.6) is 0 Å². The molecule has 0 spiro atoms. The van der Waals surface area contributed by atoms with E-state index >= 15 is 0 Å². The number of hydrogen-bond acceptors (Lipinski definition) is 1. The van der Waals surface area contributed by atoms with E-state index in [1.807, 2.05) is 0 Å². The third-order valence-corrected chi connectivity index (χ3v) is 6.34. The topological polar surface area (TPSA) is 20.2 Å². The van der Waals surface area contributed by atoms with E-state index < -0.39 is 5.60 Å². The monoisotopic (exact) mass is 224 g/mol. The summed E-state index contributed by atoms with van der Waals surface area (Å²) in [6, 6.07) is 0. The van der Waals surface area contributed by atoms with Gasteiger partial charge in [0.25, 0.3) is 0 Å². The van der Waals surface area contributed by atoms with Gasteiger partial charge in [0.1, 0.15) is 0 Å². The second-order valence-corrected chi connectivity index (χ2v) is 7.71. The van der Waals surface area contributed by atoms with Crippen LogP contribution in [0.1, 0.15) is 67.2 Å². The van der Waals surface area contributed by atoms with E-state index in [-0.39, 0.29) is 16.2 Å².